The first-order valence-corrected chi connectivity index (χ1v) is 9.63. The number of ketones is 1. The number of hydrogen-bond acceptors (Lipinski definition) is 3. The third kappa shape index (κ3) is 3.71. The minimum atomic E-state index is -0.150. The Balaban J connectivity index is 1.87. The van der Waals surface area contributed by atoms with Gasteiger partial charge in [-0.3, -0.25) is 4.79 Å². The molecular weight excluding hydrogens is 332 g/mol. The van der Waals surface area contributed by atoms with Crippen molar-refractivity contribution in [2.75, 3.05) is 13.2 Å². The maximum atomic E-state index is 12.6. The lowest BCUT2D eigenvalue weighted by Gasteiger charge is -2.40. The van der Waals surface area contributed by atoms with Crippen molar-refractivity contribution < 1.29 is 9.53 Å². The molecule has 3 rings (SSSR count). The van der Waals surface area contributed by atoms with E-state index in [1.54, 1.807) is 0 Å². The van der Waals surface area contributed by atoms with Crippen LogP contribution in [-0.4, -0.2) is 28.9 Å². The summed E-state index contributed by atoms with van der Waals surface area (Å²) in [4.78, 5) is 14.7. The van der Waals surface area contributed by atoms with E-state index in [-0.39, 0.29) is 11.8 Å². The van der Waals surface area contributed by atoms with E-state index in [9.17, 15) is 4.79 Å². The summed E-state index contributed by atoms with van der Waals surface area (Å²) < 4.78 is 5.74. The van der Waals surface area contributed by atoms with Crippen LogP contribution in [0, 0.1) is 0 Å². The van der Waals surface area contributed by atoms with Crippen LogP contribution in [0.3, 0.4) is 0 Å². The molecule has 5 heteroatoms. The fraction of sp³-hybridized carbons (Fsp3) is 0.500. The van der Waals surface area contributed by atoms with Gasteiger partial charge < -0.3 is 15.0 Å². The quantitative estimate of drug-likeness (QED) is 0.612. The number of nitrogens with zero attached hydrogens (tertiary/aromatic N) is 1. The summed E-state index contributed by atoms with van der Waals surface area (Å²) >= 11 is 5.55. The lowest BCUT2D eigenvalue weighted by Crippen LogP contribution is -2.49. The summed E-state index contributed by atoms with van der Waals surface area (Å²) in [5, 5.41) is 4.09. The van der Waals surface area contributed by atoms with Gasteiger partial charge in [-0.15, -0.1) is 0 Å². The predicted molar refractivity (Wildman–Crippen MR) is 104 cm³/mol. The normalized spacial score (nSPS) is 20.4. The number of ether oxygens (including phenoxy) is 1. The summed E-state index contributed by atoms with van der Waals surface area (Å²) in [5.41, 5.74) is 3.06. The summed E-state index contributed by atoms with van der Waals surface area (Å²) in [6, 6.07) is 7.89. The third-order valence-electron chi connectivity index (χ3n) is 4.85. The van der Waals surface area contributed by atoms with Gasteiger partial charge in [-0.05, 0) is 56.1 Å². The van der Waals surface area contributed by atoms with Gasteiger partial charge >= 0.3 is 0 Å². The molecule has 134 valence electrons. The Morgan fingerprint density at radius 1 is 1.24 bits per heavy atom. The van der Waals surface area contributed by atoms with Crippen LogP contribution < -0.4 is 10.1 Å². The molecule has 1 unspecified atom stereocenters. The van der Waals surface area contributed by atoms with Crippen LogP contribution in [-0.2, 0) is 4.79 Å². The largest absolute Gasteiger partial charge is 0.494 e. The Morgan fingerprint density at radius 3 is 2.68 bits per heavy atom. The zero-order chi connectivity index (χ0) is 17.8. The monoisotopic (exact) mass is 358 g/mol. The Morgan fingerprint density at radius 2 is 2.00 bits per heavy atom. The second kappa shape index (κ2) is 8.00. The highest BCUT2D eigenvalue weighted by molar-refractivity contribution is 7.80. The van der Waals surface area contributed by atoms with E-state index in [0.29, 0.717) is 11.5 Å². The molecule has 0 radical (unpaired) electrons. The van der Waals surface area contributed by atoms with Crippen molar-refractivity contribution in [1.29, 1.82) is 0 Å². The molecule has 0 fully saturated rings. The summed E-state index contributed by atoms with van der Waals surface area (Å²) in [6.45, 7) is 5.74. The maximum absolute atomic E-state index is 12.6. The van der Waals surface area contributed by atoms with Crippen molar-refractivity contribution in [2.24, 2.45) is 0 Å². The van der Waals surface area contributed by atoms with E-state index in [4.69, 9.17) is 17.0 Å². The van der Waals surface area contributed by atoms with Crippen molar-refractivity contribution in [1.82, 2.24) is 10.2 Å². The highest BCUT2D eigenvalue weighted by Gasteiger charge is 2.36. The summed E-state index contributed by atoms with van der Waals surface area (Å²) in [5.74, 6) is 1.11. The van der Waals surface area contributed by atoms with Crippen molar-refractivity contribution in [2.45, 2.75) is 52.0 Å². The number of allylic oxidation sites excluding steroid dienone is 1. The summed E-state index contributed by atoms with van der Waals surface area (Å²) in [6.07, 6.45) is 4.63. The molecule has 1 aromatic rings. The number of benzene rings is 1. The van der Waals surface area contributed by atoms with E-state index < -0.39 is 0 Å². The molecule has 4 nitrogen and oxygen atoms in total. The number of Topliss-reactive ketones (excluding diaryl/α,β-unsaturated/α-hetero) is 1. The lowest BCUT2D eigenvalue weighted by atomic mass is 9.85. The van der Waals surface area contributed by atoms with Gasteiger partial charge in [-0.2, -0.15) is 0 Å². The molecule has 1 heterocycles. The van der Waals surface area contributed by atoms with Gasteiger partial charge in [-0.25, -0.2) is 0 Å². The van der Waals surface area contributed by atoms with Gasteiger partial charge in [0.25, 0.3) is 0 Å². The lowest BCUT2D eigenvalue weighted by molar-refractivity contribution is -0.116. The molecule has 1 aliphatic heterocycles. The van der Waals surface area contributed by atoms with E-state index in [2.05, 4.69) is 24.1 Å². The number of nitrogens with one attached hydrogen (secondary N) is 1. The first kappa shape index (κ1) is 17.9. The minimum Gasteiger partial charge on any atom is -0.494 e. The smallest absolute Gasteiger partial charge is 0.173 e. The van der Waals surface area contributed by atoms with Gasteiger partial charge in [0.05, 0.1) is 12.6 Å². The van der Waals surface area contributed by atoms with Crippen LogP contribution in [0.5, 0.6) is 5.75 Å². The van der Waals surface area contributed by atoms with E-state index >= 15 is 0 Å². The molecule has 0 aromatic heterocycles. The average molecular weight is 359 g/mol. The molecule has 0 saturated carbocycles. The number of unbranched alkanes of at least 4 members (excludes halogenated alkanes) is 1. The van der Waals surface area contributed by atoms with Crippen molar-refractivity contribution in [3.05, 3.63) is 41.1 Å². The first-order chi connectivity index (χ1) is 12.2. The molecule has 0 saturated heterocycles. The number of thiocarbonyl (C=S) groups is 1. The van der Waals surface area contributed by atoms with Gasteiger partial charge in [0.1, 0.15) is 5.75 Å². The Hall–Kier alpha value is -1.88. The van der Waals surface area contributed by atoms with E-state index in [0.717, 1.165) is 61.4 Å². The zero-order valence-electron chi connectivity index (χ0n) is 15.0. The van der Waals surface area contributed by atoms with Crippen molar-refractivity contribution in [3.63, 3.8) is 0 Å². The molecule has 0 amide bonds. The van der Waals surface area contributed by atoms with E-state index in [1.165, 1.54) is 0 Å². The number of carbonyl (C=O) groups is 1. The second-order valence-corrected chi connectivity index (χ2v) is 6.92. The second-order valence-electron chi connectivity index (χ2n) is 6.53. The third-order valence-corrected chi connectivity index (χ3v) is 5.19. The van der Waals surface area contributed by atoms with Gasteiger partial charge in [0, 0.05) is 24.2 Å². The van der Waals surface area contributed by atoms with Crippen LogP contribution in [0.15, 0.2) is 35.5 Å². The fourth-order valence-electron chi connectivity index (χ4n) is 3.53. The molecule has 0 bridgehead atoms. The van der Waals surface area contributed by atoms with Crippen molar-refractivity contribution in [3.8, 4) is 5.75 Å². The molecule has 1 aromatic carbocycles. The van der Waals surface area contributed by atoms with Crippen LogP contribution in [0.25, 0.3) is 0 Å². The molecule has 1 N–H and O–H groups in total. The molecule has 0 spiro atoms. The highest BCUT2D eigenvalue weighted by atomic mass is 32.1. The Kier molecular flexibility index (Phi) is 5.74. The number of carbonyl (C=O) groups excluding carboxylic acids is 1. The molecule has 25 heavy (non-hydrogen) atoms. The minimum absolute atomic E-state index is 0.150. The summed E-state index contributed by atoms with van der Waals surface area (Å²) in [7, 11) is 0. The standard InChI is InChI=1S/C20H26N2O2S/c1-3-5-13-24-15-11-9-14(10-12-15)19-18-16(7-6-8-17(18)23)22(4-2)20(25)21-19/h9-12,19H,3-8,13H2,1-2H3,(H,21,25). The van der Waals surface area contributed by atoms with Crippen LogP contribution >= 0.6 is 12.2 Å². The maximum Gasteiger partial charge on any atom is 0.173 e. The van der Waals surface area contributed by atoms with Gasteiger partial charge in [0.15, 0.2) is 10.9 Å². The SMILES string of the molecule is CCCCOc1ccc(C2NC(=S)N(CC)C3=C2C(=O)CCC3)cc1. The zero-order valence-corrected chi connectivity index (χ0v) is 15.8. The van der Waals surface area contributed by atoms with Crippen LogP contribution in [0.1, 0.15) is 57.6 Å². The highest BCUT2D eigenvalue weighted by Crippen LogP contribution is 2.37. The van der Waals surface area contributed by atoms with Gasteiger partial charge in [-0.1, -0.05) is 25.5 Å². The number of rotatable bonds is 6. The predicted octanol–water partition coefficient (Wildman–Crippen LogP) is 4.12. The average Bonchev–Trinajstić information content (AvgIpc) is 2.62. The Bertz CT molecular complexity index is 681. The van der Waals surface area contributed by atoms with Crippen molar-refractivity contribution >= 4 is 23.1 Å². The van der Waals surface area contributed by atoms with Crippen LogP contribution in [0.4, 0.5) is 0 Å². The molecule has 2 aliphatic rings. The molecule has 1 aliphatic carbocycles. The fourth-order valence-corrected chi connectivity index (χ4v) is 3.88. The Labute approximate surface area is 155 Å². The topological polar surface area (TPSA) is 41.6 Å². The first-order valence-electron chi connectivity index (χ1n) is 9.22. The number of hydrogen-bond donors (Lipinski definition) is 1. The van der Waals surface area contributed by atoms with Crippen LogP contribution in [0.2, 0.25) is 0 Å². The van der Waals surface area contributed by atoms with Gasteiger partial charge in [0.2, 0.25) is 0 Å². The van der Waals surface area contributed by atoms with E-state index in [1.807, 2.05) is 24.3 Å². The molecular formula is C20H26N2O2S. The molecule has 1 atom stereocenters.